The highest BCUT2D eigenvalue weighted by atomic mass is 32.2. The van der Waals surface area contributed by atoms with Gasteiger partial charge >= 0.3 is 0 Å². The summed E-state index contributed by atoms with van der Waals surface area (Å²) in [5.74, 6) is 1.53. The quantitative estimate of drug-likeness (QED) is 0.794. The highest BCUT2D eigenvalue weighted by Crippen LogP contribution is 2.21. The summed E-state index contributed by atoms with van der Waals surface area (Å²) in [5, 5.41) is 4.09. The van der Waals surface area contributed by atoms with Crippen LogP contribution in [0, 0.1) is 5.92 Å². The number of imidazole rings is 1. The molecular formula is C13H22N6O2S. The monoisotopic (exact) mass is 326 g/mol. The van der Waals surface area contributed by atoms with Crippen LogP contribution in [0.5, 0.6) is 0 Å². The standard InChI is InChI=1S/C13H22N6O2S/c1-5-11-14-7-12(17-11)22(20,21)18-10(6-9(2)3)13-15-8-16-19(13)4/h7-10,18H,5-6H2,1-4H3,(H,14,17). The lowest BCUT2D eigenvalue weighted by atomic mass is 10.0. The van der Waals surface area contributed by atoms with Crippen molar-refractivity contribution in [1.29, 1.82) is 0 Å². The number of hydrogen-bond acceptors (Lipinski definition) is 5. The first-order valence-corrected chi connectivity index (χ1v) is 8.72. The number of sulfonamides is 1. The van der Waals surface area contributed by atoms with E-state index in [1.807, 2.05) is 20.8 Å². The van der Waals surface area contributed by atoms with Crippen LogP contribution in [0.4, 0.5) is 0 Å². The normalized spacial score (nSPS) is 13.7. The van der Waals surface area contributed by atoms with Crippen molar-refractivity contribution in [3.8, 4) is 0 Å². The van der Waals surface area contributed by atoms with Gasteiger partial charge in [0.15, 0.2) is 5.03 Å². The van der Waals surface area contributed by atoms with E-state index < -0.39 is 16.1 Å². The Hall–Kier alpha value is -1.74. The molecule has 9 heteroatoms. The second-order valence-electron chi connectivity index (χ2n) is 5.59. The van der Waals surface area contributed by atoms with Crippen molar-refractivity contribution < 1.29 is 8.42 Å². The van der Waals surface area contributed by atoms with Gasteiger partial charge in [-0.15, -0.1) is 0 Å². The zero-order valence-corrected chi connectivity index (χ0v) is 14.1. The predicted molar refractivity (Wildman–Crippen MR) is 81.5 cm³/mol. The summed E-state index contributed by atoms with van der Waals surface area (Å²) in [4.78, 5) is 11.0. The van der Waals surface area contributed by atoms with Crippen LogP contribution in [0.2, 0.25) is 0 Å². The molecule has 0 amide bonds. The molecule has 0 fully saturated rings. The number of aromatic nitrogens is 5. The van der Waals surface area contributed by atoms with Gasteiger partial charge in [0.25, 0.3) is 10.0 Å². The summed E-state index contributed by atoms with van der Waals surface area (Å²) in [5.41, 5.74) is 0. The van der Waals surface area contributed by atoms with E-state index in [1.165, 1.54) is 12.5 Å². The molecule has 2 aromatic heterocycles. The van der Waals surface area contributed by atoms with Crippen LogP contribution >= 0.6 is 0 Å². The van der Waals surface area contributed by atoms with E-state index in [2.05, 4.69) is 24.8 Å². The maximum atomic E-state index is 12.5. The minimum absolute atomic E-state index is 0.0697. The summed E-state index contributed by atoms with van der Waals surface area (Å²) in [6.45, 7) is 5.97. The molecule has 2 aromatic rings. The number of nitrogens with zero attached hydrogens (tertiary/aromatic N) is 4. The van der Waals surface area contributed by atoms with Gasteiger partial charge in [0.05, 0.1) is 12.2 Å². The number of hydrogen-bond donors (Lipinski definition) is 2. The minimum Gasteiger partial charge on any atom is -0.332 e. The molecular weight excluding hydrogens is 304 g/mol. The van der Waals surface area contributed by atoms with Crippen LogP contribution in [0.15, 0.2) is 17.6 Å². The van der Waals surface area contributed by atoms with Gasteiger partial charge in [0.1, 0.15) is 18.0 Å². The fourth-order valence-electron chi connectivity index (χ4n) is 2.21. The highest BCUT2D eigenvalue weighted by Gasteiger charge is 2.26. The van der Waals surface area contributed by atoms with Crippen molar-refractivity contribution in [2.75, 3.05) is 0 Å². The predicted octanol–water partition coefficient (Wildman–Crippen LogP) is 1.17. The fraction of sp³-hybridized carbons (Fsp3) is 0.615. The van der Waals surface area contributed by atoms with Crippen LogP contribution in [0.1, 0.15) is 44.9 Å². The number of H-pyrrole nitrogens is 1. The third kappa shape index (κ3) is 3.72. The average molecular weight is 326 g/mol. The van der Waals surface area contributed by atoms with Gasteiger partial charge in [-0.25, -0.2) is 18.4 Å². The summed E-state index contributed by atoms with van der Waals surface area (Å²) in [6.07, 6.45) is 4.03. The molecule has 22 heavy (non-hydrogen) atoms. The number of aryl methyl sites for hydroxylation is 2. The van der Waals surface area contributed by atoms with Gasteiger partial charge in [-0.2, -0.15) is 9.82 Å². The lowest BCUT2D eigenvalue weighted by molar-refractivity contribution is 0.443. The molecule has 0 saturated carbocycles. The van der Waals surface area contributed by atoms with Gasteiger partial charge in [-0.1, -0.05) is 20.8 Å². The van der Waals surface area contributed by atoms with E-state index >= 15 is 0 Å². The van der Waals surface area contributed by atoms with Gasteiger partial charge in [-0.3, -0.25) is 4.68 Å². The fourth-order valence-corrected chi connectivity index (χ4v) is 3.36. The molecule has 0 bridgehead atoms. The summed E-state index contributed by atoms with van der Waals surface area (Å²) >= 11 is 0. The van der Waals surface area contributed by atoms with Gasteiger partial charge in [0.2, 0.25) is 0 Å². The third-order valence-electron chi connectivity index (χ3n) is 3.29. The number of aromatic amines is 1. The maximum absolute atomic E-state index is 12.5. The molecule has 1 atom stereocenters. The molecule has 0 radical (unpaired) electrons. The first-order chi connectivity index (χ1) is 10.3. The Balaban J connectivity index is 2.28. The number of rotatable bonds is 7. The van der Waals surface area contributed by atoms with Crippen molar-refractivity contribution in [2.45, 2.75) is 44.7 Å². The SMILES string of the molecule is CCc1ncc(S(=O)(=O)NC(CC(C)C)c2ncnn2C)[nH]1. The topological polar surface area (TPSA) is 106 Å². The molecule has 122 valence electrons. The molecule has 2 N–H and O–H groups in total. The van der Waals surface area contributed by atoms with E-state index in [0.29, 0.717) is 30.4 Å². The van der Waals surface area contributed by atoms with Crippen molar-refractivity contribution in [2.24, 2.45) is 13.0 Å². The molecule has 2 rings (SSSR count). The van der Waals surface area contributed by atoms with Crippen LogP contribution in [0.3, 0.4) is 0 Å². The van der Waals surface area contributed by atoms with Gasteiger partial charge in [-0.05, 0) is 12.3 Å². The lowest BCUT2D eigenvalue weighted by Crippen LogP contribution is -2.31. The minimum atomic E-state index is -3.69. The molecule has 8 nitrogen and oxygen atoms in total. The van der Waals surface area contributed by atoms with E-state index in [4.69, 9.17) is 0 Å². The van der Waals surface area contributed by atoms with Crippen LogP contribution < -0.4 is 4.72 Å². The summed E-state index contributed by atoms with van der Waals surface area (Å²) < 4.78 is 29.3. The van der Waals surface area contributed by atoms with E-state index in [1.54, 1.807) is 11.7 Å². The zero-order valence-electron chi connectivity index (χ0n) is 13.2. The largest absolute Gasteiger partial charge is 0.332 e. The smallest absolute Gasteiger partial charge is 0.258 e. The molecule has 1 unspecified atom stereocenters. The lowest BCUT2D eigenvalue weighted by Gasteiger charge is -2.19. The van der Waals surface area contributed by atoms with Gasteiger partial charge < -0.3 is 4.98 Å². The Morgan fingerprint density at radius 2 is 2.09 bits per heavy atom. The van der Waals surface area contributed by atoms with Crippen LogP contribution in [-0.4, -0.2) is 33.2 Å². The average Bonchev–Trinajstić information content (AvgIpc) is 3.05. The van der Waals surface area contributed by atoms with Crippen molar-refractivity contribution >= 4 is 10.0 Å². The third-order valence-corrected chi connectivity index (χ3v) is 4.67. The first-order valence-electron chi connectivity index (χ1n) is 7.23. The maximum Gasteiger partial charge on any atom is 0.258 e. The Morgan fingerprint density at radius 3 is 2.59 bits per heavy atom. The van der Waals surface area contributed by atoms with Crippen molar-refractivity contribution in [3.05, 3.63) is 24.2 Å². The first kappa shape index (κ1) is 16.6. The Morgan fingerprint density at radius 1 is 1.36 bits per heavy atom. The molecule has 0 aromatic carbocycles. The molecule has 0 aliphatic heterocycles. The summed E-state index contributed by atoms with van der Waals surface area (Å²) in [7, 11) is -1.94. The number of nitrogens with one attached hydrogen (secondary N) is 2. The van der Waals surface area contributed by atoms with E-state index in [0.717, 1.165) is 0 Å². The van der Waals surface area contributed by atoms with Crippen LogP contribution in [-0.2, 0) is 23.5 Å². The Bertz CT molecular complexity index is 718. The Labute approximate surface area is 130 Å². The second kappa shape index (κ2) is 6.57. The highest BCUT2D eigenvalue weighted by molar-refractivity contribution is 7.89. The molecule has 2 heterocycles. The molecule has 0 aliphatic carbocycles. The molecule has 0 aliphatic rings. The zero-order chi connectivity index (χ0) is 16.3. The molecule has 0 spiro atoms. The molecule has 0 saturated heterocycles. The van der Waals surface area contributed by atoms with Crippen molar-refractivity contribution in [3.63, 3.8) is 0 Å². The van der Waals surface area contributed by atoms with E-state index in [-0.39, 0.29) is 5.03 Å². The van der Waals surface area contributed by atoms with E-state index in [9.17, 15) is 8.42 Å². The second-order valence-corrected chi connectivity index (χ2v) is 7.28. The Kier molecular flexibility index (Phi) is 4.97. The van der Waals surface area contributed by atoms with Crippen LogP contribution in [0.25, 0.3) is 0 Å². The van der Waals surface area contributed by atoms with Crippen molar-refractivity contribution in [1.82, 2.24) is 29.5 Å². The summed E-state index contributed by atoms with van der Waals surface area (Å²) in [6, 6.07) is -0.439. The van der Waals surface area contributed by atoms with Gasteiger partial charge in [0, 0.05) is 13.5 Å².